The molecule has 0 aliphatic heterocycles. The van der Waals surface area contributed by atoms with Gasteiger partial charge in [-0.1, -0.05) is 74.0 Å². The number of benzene rings is 2. The quantitative estimate of drug-likeness (QED) is 0.508. The number of hydrogen-bond donors (Lipinski definition) is 1. The van der Waals surface area contributed by atoms with E-state index in [2.05, 4.69) is 42.3 Å². The summed E-state index contributed by atoms with van der Waals surface area (Å²) in [6.07, 6.45) is 6.75. The van der Waals surface area contributed by atoms with Crippen molar-refractivity contribution in [3.05, 3.63) is 94.7 Å². The summed E-state index contributed by atoms with van der Waals surface area (Å²) >= 11 is 6.34. The summed E-state index contributed by atoms with van der Waals surface area (Å²) in [5, 5.41) is 18.0. The lowest BCUT2D eigenvalue weighted by atomic mass is 9.58. The van der Waals surface area contributed by atoms with Crippen LogP contribution in [0.4, 0.5) is 0 Å². The van der Waals surface area contributed by atoms with Gasteiger partial charge < -0.3 is 14.3 Å². The summed E-state index contributed by atoms with van der Waals surface area (Å²) in [6.45, 7) is 3.99. The van der Waals surface area contributed by atoms with Crippen LogP contribution in [-0.4, -0.2) is 28.2 Å². The molecule has 1 heterocycles. The van der Waals surface area contributed by atoms with Crippen LogP contribution in [0.3, 0.4) is 0 Å². The molecule has 0 saturated heterocycles. The number of hydrogen-bond acceptors (Lipinski definition) is 6. The Morgan fingerprint density at radius 1 is 1.16 bits per heavy atom. The molecule has 32 heavy (non-hydrogen) atoms. The van der Waals surface area contributed by atoms with Crippen molar-refractivity contribution in [1.82, 2.24) is 10.2 Å². The number of carbonyl (C=O) groups excluding carboxylic acids is 1. The summed E-state index contributed by atoms with van der Waals surface area (Å²) in [5.41, 5.74) is 1.24. The normalized spacial score (nSPS) is 19.4. The highest BCUT2D eigenvalue weighted by molar-refractivity contribution is 6.32. The van der Waals surface area contributed by atoms with Crippen LogP contribution >= 0.6 is 11.6 Å². The smallest absolute Gasteiger partial charge is 0.241 e. The molecule has 0 amide bonds. The summed E-state index contributed by atoms with van der Waals surface area (Å²) < 4.78 is 12.0. The first-order chi connectivity index (χ1) is 15.4. The number of aliphatic hydroxyl groups excluding tert-OH is 1. The second kappa shape index (κ2) is 8.73. The molecule has 3 aromatic rings. The van der Waals surface area contributed by atoms with Gasteiger partial charge in [-0.25, -0.2) is 0 Å². The van der Waals surface area contributed by atoms with Gasteiger partial charge in [-0.15, -0.1) is 10.2 Å². The zero-order valence-corrected chi connectivity index (χ0v) is 18.5. The molecule has 1 aliphatic rings. The lowest BCUT2D eigenvalue weighted by Crippen LogP contribution is -2.47. The van der Waals surface area contributed by atoms with Crippen molar-refractivity contribution in [2.45, 2.75) is 25.9 Å². The third kappa shape index (κ3) is 3.76. The number of aromatic nitrogens is 2. The van der Waals surface area contributed by atoms with E-state index >= 15 is 0 Å². The van der Waals surface area contributed by atoms with Crippen LogP contribution in [0.15, 0.2) is 71.2 Å². The van der Waals surface area contributed by atoms with Gasteiger partial charge in [0, 0.05) is 11.0 Å². The molecule has 2 aromatic carbocycles. The minimum atomic E-state index is -0.847. The minimum Gasteiger partial charge on any atom is -0.491 e. The van der Waals surface area contributed by atoms with E-state index in [1.54, 1.807) is 18.2 Å². The molecule has 1 N–H and O–H groups in total. The van der Waals surface area contributed by atoms with Crippen LogP contribution in [0.1, 0.15) is 41.6 Å². The summed E-state index contributed by atoms with van der Waals surface area (Å²) in [7, 11) is 0. The van der Waals surface area contributed by atoms with E-state index in [9.17, 15) is 9.90 Å². The van der Waals surface area contributed by atoms with Gasteiger partial charge in [0.05, 0.1) is 5.02 Å². The molecule has 4 rings (SSSR count). The molecular formula is C25H23ClN2O4. The molecule has 1 atom stereocenters. The molecular weight excluding hydrogens is 428 g/mol. The maximum atomic E-state index is 11.0. The molecule has 0 bridgehead atoms. The van der Waals surface area contributed by atoms with Gasteiger partial charge in [-0.2, -0.15) is 0 Å². The van der Waals surface area contributed by atoms with Gasteiger partial charge in [0.25, 0.3) is 0 Å². The Bertz CT molecular complexity index is 1180. The monoisotopic (exact) mass is 450 g/mol. The first-order valence-electron chi connectivity index (χ1n) is 10.2. The highest BCUT2D eigenvalue weighted by Crippen LogP contribution is 2.53. The Labute approximate surface area is 191 Å². The average molecular weight is 451 g/mol. The number of halogens is 1. The van der Waals surface area contributed by atoms with Gasteiger partial charge in [0.15, 0.2) is 0 Å². The van der Waals surface area contributed by atoms with E-state index in [1.165, 1.54) is 0 Å². The number of allylic oxidation sites excluding steroid dienone is 3. The van der Waals surface area contributed by atoms with Crippen LogP contribution in [0, 0.1) is 5.41 Å². The van der Waals surface area contributed by atoms with Crippen molar-refractivity contribution in [1.29, 1.82) is 0 Å². The number of aliphatic hydroxyl groups is 1. The number of carbonyl (C=O) groups is 1. The Kier molecular flexibility index (Phi) is 6.00. The van der Waals surface area contributed by atoms with E-state index in [0.717, 1.165) is 17.4 Å². The van der Waals surface area contributed by atoms with Crippen LogP contribution in [0.5, 0.6) is 5.75 Å². The van der Waals surface area contributed by atoms with Crippen molar-refractivity contribution in [3.63, 3.8) is 0 Å². The van der Waals surface area contributed by atoms with Gasteiger partial charge in [0.1, 0.15) is 30.7 Å². The Morgan fingerprint density at radius 2 is 1.94 bits per heavy atom. The highest BCUT2D eigenvalue weighted by atomic mass is 35.5. The van der Waals surface area contributed by atoms with E-state index in [-0.39, 0.29) is 19.1 Å². The topological polar surface area (TPSA) is 85.5 Å². The molecule has 1 unspecified atom stereocenters. The molecule has 164 valence electrons. The molecule has 0 spiro atoms. The Hall–Kier alpha value is -3.22. The van der Waals surface area contributed by atoms with Crippen molar-refractivity contribution >= 4 is 23.5 Å². The fraction of sp³-hybridized carbons (Fsp3) is 0.240. The Morgan fingerprint density at radius 3 is 2.59 bits per heavy atom. The van der Waals surface area contributed by atoms with Gasteiger partial charge in [-0.3, -0.25) is 4.79 Å². The fourth-order valence-corrected chi connectivity index (χ4v) is 4.31. The summed E-state index contributed by atoms with van der Waals surface area (Å²) in [4.78, 5) is 11.0. The van der Waals surface area contributed by atoms with E-state index in [0.29, 0.717) is 22.2 Å². The van der Waals surface area contributed by atoms with Crippen molar-refractivity contribution < 1.29 is 19.1 Å². The van der Waals surface area contributed by atoms with Crippen LogP contribution < -0.4 is 4.74 Å². The third-order valence-corrected chi connectivity index (χ3v) is 6.34. The van der Waals surface area contributed by atoms with Crippen LogP contribution in [0.25, 0.3) is 5.57 Å². The average Bonchev–Trinajstić information content (AvgIpc) is 3.29. The SMILES string of the molecule is CC1(C)C(c2ccccc2)=CC=CC1(COc1ccc(C=O)cc1Cl)c1nnc(CO)o1. The van der Waals surface area contributed by atoms with Gasteiger partial charge >= 0.3 is 0 Å². The molecule has 0 saturated carbocycles. The zero-order chi connectivity index (χ0) is 22.8. The van der Waals surface area contributed by atoms with E-state index in [1.807, 2.05) is 30.4 Å². The largest absolute Gasteiger partial charge is 0.491 e. The molecule has 0 fully saturated rings. The maximum Gasteiger partial charge on any atom is 0.241 e. The van der Waals surface area contributed by atoms with Crippen LogP contribution in [-0.2, 0) is 12.0 Å². The predicted molar refractivity (Wildman–Crippen MR) is 122 cm³/mol. The van der Waals surface area contributed by atoms with Gasteiger partial charge in [0.2, 0.25) is 11.8 Å². The first-order valence-corrected chi connectivity index (χ1v) is 10.6. The fourth-order valence-electron chi connectivity index (χ4n) is 4.07. The summed E-state index contributed by atoms with van der Waals surface area (Å²) in [5.74, 6) is 0.913. The van der Waals surface area contributed by atoms with E-state index in [4.69, 9.17) is 20.8 Å². The minimum absolute atomic E-state index is 0.132. The molecule has 1 aliphatic carbocycles. The number of rotatable bonds is 7. The summed E-state index contributed by atoms with van der Waals surface area (Å²) in [6, 6.07) is 14.9. The lowest BCUT2D eigenvalue weighted by molar-refractivity contribution is 0.112. The first kappa shape index (κ1) is 22.0. The highest BCUT2D eigenvalue weighted by Gasteiger charge is 2.53. The number of aldehydes is 1. The standard InChI is InChI=1S/C25H23ClN2O4/c1-24(2)19(18-7-4-3-5-8-18)9-6-12-25(24,23-28-27-22(15-30)32-23)16-31-21-11-10-17(14-29)13-20(21)26/h3-14,30H,15-16H2,1-2H3. The second-order valence-corrected chi connectivity index (χ2v) is 8.56. The van der Waals surface area contributed by atoms with Crippen molar-refractivity contribution in [2.75, 3.05) is 6.61 Å². The molecule has 6 nitrogen and oxygen atoms in total. The van der Waals surface area contributed by atoms with Gasteiger partial charge in [-0.05, 0) is 29.3 Å². The van der Waals surface area contributed by atoms with Crippen molar-refractivity contribution in [3.8, 4) is 5.75 Å². The maximum absolute atomic E-state index is 11.0. The molecule has 0 radical (unpaired) electrons. The number of nitrogens with zero attached hydrogens (tertiary/aromatic N) is 2. The second-order valence-electron chi connectivity index (χ2n) is 8.16. The van der Waals surface area contributed by atoms with Crippen molar-refractivity contribution in [2.24, 2.45) is 5.41 Å². The third-order valence-electron chi connectivity index (χ3n) is 6.05. The van der Waals surface area contributed by atoms with Crippen LogP contribution in [0.2, 0.25) is 5.02 Å². The lowest BCUT2D eigenvalue weighted by Gasteiger charge is -2.45. The number of ether oxygens (including phenoxy) is 1. The zero-order valence-electron chi connectivity index (χ0n) is 17.8. The molecule has 7 heteroatoms. The van der Waals surface area contributed by atoms with E-state index < -0.39 is 10.8 Å². The molecule has 1 aromatic heterocycles. The Balaban J connectivity index is 1.78. The predicted octanol–water partition coefficient (Wildman–Crippen LogP) is 5.02.